The fourth-order valence-electron chi connectivity index (χ4n) is 1.36. The second-order valence-electron chi connectivity index (χ2n) is 3.43. The molecule has 0 aliphatic heterocycles. The Morgan fingerprint density at radius 1 is 1.41 bits per heavy atom. The first-order valence-corrected chi connectivity index (χ1v) is 4.99. The summed E-state index contributed by atoms with van der Waals surface area (Å²) in [6.45, 7) is 2.36. The van der Waals surface area contributed by atoms with E-state index in [4.69, 9.17) is 5.84 Å². The Labute approximate surface area is 96.8 Å². The second kappa shape index (κ2) is 5.17. The summed E-state index contributed by atoms with van der Waals surface area (Å²) in [4.78, 5) is 8.97. The number of aromatic nitrogens is 2. The number of nitrogens with two attached hydrogens (primary N) is 1. The molecule has 1 aromatic heterocycles. The van der Waals surface area contributed by atoms with Crippen molar-refractivity contribution in [3.63, 3.8) is 0 Å². The monoisotopic (exact) mass is 249 g/mol. The van der Waals surface area contributed by atoms with E-state index >= 15 is 0 Å². The maximum Gasteiger partial charge on any atom is 0.405 e. The number of nitrogen functional groups attached to an aromatic ring is 1. The Morgan fingerprint density at radius 2 is 2.06 bits per heavy atom. The number of aryl methyl sites for hydroxylation is 1. The number of alkyl halides is 3. The average molecular weight is 249 g/mol. The lowest BCUT2D eigenvalue weighted by atomic mass is 10.4. The minimum absolute atomic E-state index is 0.194. The number of nitrogens with one attached hydrogen (secondary N) is 1. The first-order chi connectivity index (χ1) is 7.85. The second-order valence-corrected chi connectivity index (χ2v) is 3.43. The van der Waals surface area contributed by atoms with Crippen molar-refractivity contribution in [3.8, 4) is 0 Å². The third-order valence-electron chi connectivity index (χ3n) is 2.05. The van der Waals surface area contributed by atoms with Crippen LogP contribution in [0.1, 0.15) is 12.7 Å². The van der Waals surface area contributed by atoms with Crippen molar-refractivity contribution in [1.29, 1.82) is 0 Å². The molecule has 0 saturated heterocycles. The van der Waals surface area contributed by atoms with Crippen molar-refractivity contribution in [2.24, 2.45) is 5.84 Å². The van der Waals surface area contributed by atoms with Crippen molar-refractivity contribution in [3.05, 3.63) is 11.9 Å². The van der Waals surface area contributed by atoms with Gasteiger partial charge in [-0.1, -0.05) is 0 Å². The molecule has 0 aromatic carbocycles. The summed E-state index contributed by atoms with van der Waals surface area (Å²) in [7, 11) is 0. The van der Waals surface area contributed by atoms with Gasteiger partial charge in [-0.15, -0.1) is 0 Å². The average Bonchev–Trinajstić information content (AvgIpc) is 2.23. The standard InChI is InChI=1S/C9H14F3N5/c1-3-17(5-9(10,11)12)8-4-7(16-13)14-6(2)15-8/h4H,3,5,13H2,1-2H3,(H,14,15,16). The van der Waals surface area contributed by atoms with Gasteiger partial charge < -0.3 is 10.3 Å². The lowest BCUT2D eigenvalue weighted by Gasteiger charge is -2.23. The van der Waals surface area contributed by atoms with Gasteiger partial charge in [-0.2, -0.15) is 13.2 Å². The van der Waals surface area contributed by atoms with Crippen molar-refractivity contribution in [2.45, 2.75) is 20.0 Å². The summed E-state index contributed by atoms with van der Waals surface area (Å²) < 4.78 is 37.0. The Hall–Kier alpha value is -1.57. The minimum atomic E-state index is -4.27. The van der Waals surface area contributed by atoms with Gasteiger partial charge in [0.15, 0.2) is 0 Å². The molecule has 17 heavy (non-hydrogen) atoms. The fraction of sp³-hybridized carbons (Fsp3) is 0.556. The zero-order valence-corrected chi connectivity index (χ0v) is 9.54. The van der Waals surface area contributed by atoms with E-state index in [1.54, 1.807) is 13.8 Å². The Kier molecular flexibility index (Phi) is 4.11. The van der Waals surface area contributed by atoms with E-state index in [1.165, 1.54) is 6.07 Å². The van der Waals surface area contributed by atoms with E-state index in [-0.39, 0.29) is 18.2 Å². The molecule has 0 amide bonds. The minimum Gasteiger partial charge on any atom is -0.348 e. The van der Waals surface area contributed by atoms with Gasteiger partial charge in [-0.3, -0.25) is 0 Å². The molecule has 3 N–H and O–H groups in total. The first kappa shape index (κ1) is 13.5. The number of nitrogens with zero attached hydrogens (tertiary/aromatic N) is 3. The van der Waals surface area contributed by atoms with Crippen LogP contribution in [0.4, 0.5) is 24.8 Å². The van der Waals surface area contributed by atoms with E-state index in [2.05, 4.69) is 15.4 Å². The molecule has 0 aliphatic carbocycles. The third kappa shape index (κ3) is 4.06. The molecule has 0 aliphatic rings. The van der Waals surface area contributed by atoms with Gasteiger partial charge in [-0.25, -0.2) is 15.8 Å². The van der Waals surface area contributed by atoms with Crippen LogP contribution < -0.4 is 16.2 Å². The third-order valence-corrected chi connectivity index (χ3v) is 2.05. The summed E-state index contributed by atoms with van der Waals surface area (Å²) >= 11 is 0. The van der Waals surface area contributed by atoms with Gasteiger partial charge >= 0.3 is 6.18 Å². The molecule has 8 heteroatoms. The van der Waals surface area contributed by atoms with E-state index < -0.39 is 12.7 Å². The molecule has 1 aromatic rings. The molecule has 0 atom stereocenters. The van der Waals surface area contributed by atoms with Crippen LogP contribution in [-0.4, -0.2) is 29.2 Å². The van der Waals surface area contributed by atoms with Crippen LogP contribution >= 0.6 is 0 Å². The SMILES string of the molecule is CCN(CC(F)(F)F)c1cc(NN)nc(C)n1. The molecular formula is C9H14F3N5. The van der Waals surface area contributed by atoms with E-state index in [0.29, 0.717) is 5.82 Å². The van der Waals surface area contributed by atoms with Crippen LogP contribution in [0.3, 0.4) is 0 Å². The van der Waals surface area contributed by atoms with Gasteiger partial charge in [0.2, 0.25) is 0 Å². The van der Waals surface area contributed by atoms with Gasteiger partial charge in [0.1, 0.15) is 24.0 Å². The quantitative estimate of drug-likeness (QED) is 0.624. The molecule has 0 radical (unpaired) electrons. The molecule has 0 spiro atoms. The summed E-state index contributed by atoms with van der Waals surface area (Å²) in [5, 5.41) is 0. The van der Waals surface area contributed by atoms with E-state index in [9.17, 15) is 13.2 Å². The normalized spacial score (nSPS) is 11.4. The van der Waals surface area contributed by atoms with Crippen LogP contribution in [0.25, 0.3) is 0 Å². The number of anilines is 2. The van der Waals surface area contributed by atoms with Crippen molar-refractivity contribution in [1.82, 2.24) is 9.97 Å². The highest BCUT2D eigenvalue weighted by atomic mass is 19.4. The number of halogens is 3. The topological polar surface area (TPSA) is 67.1 Å². The molecule has 5 nitrogen and oxygen atoms in total. The zero-order valence-electron chi connectivity index (χ0n) is 9.54. The molecule has 1 rings (SSSR count). The molecule has 1 heterocycles. The maximum atomic E-state index is 12.3. The van der Waals surface area contributed by atoms with E-state index in [1.807, 2.05) is 0 Å². The number of hydrogen-bond donors (Lipinski definition) is 2. The predicted octanol–water partition coefficient (Wildman–Crippen LogP) is 1.46. The Bertz CT molecular complexity index is 379. The van der Waals surface area contributed by atoms with Gasteiger partial charge in [0.05, 0.1) is 0 Å². The number of hydrogen-bond acceptors (Lipinski definition) is 5. The van der Waals surface area contributed by atoms with Crippen molar-refractivity contribution < 1.29 is 13.2 Å². The molecule has 96 valence electrons. The van der Waals surface area contributed by atoms with Crippen LogP contribution in [0.15, 0.2) is 6.07 Å². The van der Waals surface area contributed by atoms with Crippen molar-refractivity contribution >= 4 is 11.6 Å². The number of rotatable bonds is 4. The maximum absolute atomic E-state index is 12.3. The molecule has 0 unspecified atom stereocenters. The smallest absolute Gasteiger partial charge is 0.348 e. The van der Waals surface area contributed by atoms with Gasteiger partial charge in [0.25, 0.3) is 0 Å². The highest BCUT2D eigenvalue weighted by Crippen LogP contribution is 2.21. The lowest BCUT2D eigenvalue weighted by Crippen LogP contribution is -2.35. The van der Waals surface area contributed by atoms with Crippen LogP contribution in [-0.2, 0) is 0 Å². The summed E-state index contributed by atoms with van der Waals surface area (Å²) in [6, 6.07) is 1.38. The zero-order chi connectivity index (χ0) is 13.1. The van der Waals surface area contributed by atoms with Crippen LogP contribution in [0.5, 0.6) is 0 Å². The molecule has 0 fully saturated rings. The van der Waals surface area contributed by atoms with Crippen molar-refractivity contribution in [2.75, 3.05) is 23.4 Å². The van der Waals surface area contributed by atoms with Gasteiger partial charge in [0, 0.05) is 12.6 Å². The first-order valence-electron chi connectivity index (χ1n) is 4.99. The highest BCUT2D eigenvalue weighted by Gasteiger charge is 2.31. The molecule has 0 saturated carbocycles. The molecule has 0 bridgehead atoms. The lowest BCUT2D eigenvalue weighted by molar-refractivity contribution is -0.119. The Balaban J connectivity index is 2.99. The predicted molar refractivity (Wildman–Crippen MR) is 58.5 cm³/mol. The summed E-state index contributed by atoms with van der Waals surface area (Å²) in [5.74, 6) is 6.02. The molecular weight excluding hydrogens is 235 g/mol. The highest BCUT2D eigenvalue weighted by molar-refractivity contribution is 5.48. The summed E-state index contributed by atoms with van der Waals surface area (Å²) in [6.07, 6.45) is -4.27. The summed E-state index contributed by atoms with van der Waals surface area (Å²) in [5.41, 5.74) is 2.29. The van der Waals surface area contributed by atoms with E-state index in [0.717, 1.165) is 4.90 Å². The van der Waals surface area contributed by atoms with Crippen LogP contribution in [0.2, 0.25) is 0 Å². The Morgan fingerprint density at radius 3 is 2.53 bits per heavy atom. The van der Waals surface area contributed by atoms with Gasteiger partial charge in [-0.05, 0) is 13.8 Å². The fourth-order valence-corrected chi connectivity index (χ4v) is 1.36. The largest absolute Gasteiger partial charge is 0.405 e. The van der Waals surface area contributed by atoms with Crippen LogP contribution in [0, 0.1) is 6.92 Å². The number of hydrazine groups is 1.